The number of aliphatic imine (C=N–C) groups is 1. The summed E-state index contributed by atoms with van der Waals surface area (Å²) in [5.41, 5.74) is 0. The Morgan fingerprint density at radius 2 is 1.71 bits per heavy atom. The molecule has 4 unspecified atom stereocenters. The summed E-state index contributed by atoms with van der Waals surface area (Å²) in [7, 11) is 0. The van der Waals surface area contributed by atoms with Crippen molar-refractivity contribution in [2.24, 2.45) is 10.9 Å². The molecule has 0 aromatic heterocycles. The Morgan fingerprint density at radius 1 is 1.00 bits per heavy atom. The van der Waals surface area contributed by atoms with E-state index >= 15 is 0 Å². The second kappa shape index (κ2) is 5.80. The van der Waals surface area contributed by atoms with E-state index in [4.69, 9.17) is 9.73 Å². The van der Waals surface area contributed by atoms with Gasteiger partial charge in [0.05, 0.1) is 18.1 Å². The molecule has 0 radical (unpaired) electrons. The molecule has 2 saturated carbocycles. The number of hydrogen-bond donors (Lipinski definition) is 1. The van der Waals surface area contributed by atoms with Crippen LogP contribution in [0.4, 0.5) is 0 Å². The van der Waals surface area contributed by atoms with Crippen LogP contribution in [-0.2, 0) is 24.2 Å². The standard InChI is InChI=1S/C13H21NO2.Zn/c15-11-7-3-1-5-9(11)13-14-10-6-2-4-8-12(10)16-13;/h9-12,15H,1-8H2;. The summed E-state index contributed by atoms with van der Waals surface area (Å²) in [4.78, 5) is 4.72. The van der Waals surface area contributed by atoms with Crippen LogP contribution in [-0.4, -0.2) is 29.3 Å². The molecule has 0 aromatic rings. The average Bonchev–Trinajstić information content (AvgIpc) is 2.73. The Morgan fingerprint density at radius 3 is 2.47 bits per heavy atom. The molecule has 0 aromatic carbocycles. The van der Waals surface area contributed by atoms with Crippen molar-refractivity contribution in [2.45, 2.75) is 69.6 Å². The van der Waals surface area contributed by atoms with Crippen LogP contribution in [0.15, 0.2) is 4.99 Å². The Hall–Kier alpha value is 0.0534. The minimum absolute atomic E-state index is 0. The van der Waals surface area contributed by atoms with Gasteiger partial charge in [0.1, 0.15) is 6.10 Å². The van der Waals surface area contributed by atoms with E-state index < -0.39 is 0 Å². The zero-order valence-corrected chi connectivity index (χ0v) is 13.4. The van der Waals surface area contributed by atoms with Crippen molar-refractivity contribution in [3.8, 4) is 0 Å². The molecule has 4 heteroatoms. The molecule has 2 fully saturated rings. The summed E-state index contributed by atoms with van der Waals surface area (Å²) >= 11 is 0. The predicted octanol–water partition coefficient (Wildman–Crippen LogP) is 2.27. The van der Waals surface area contributed by atoms with Gasteiger partial charge in [-0.25, -0.2) is 4.99 Å². The third-order valence-electron chi connectivity index (χ3n) is 4.28. The molecule has 3 nitrogen and oxygen atoms in total. The first kappa shape index (κ1) is 13.5. The van der Waals surface area contributed by atoms with E-state index in [-0.39, 0.29) is 31.5 Å². The van der Waals surface area contributed by atoms with Crippen LogP contribution in [0.1, 0.15) is 51.4 Å². The first-order valence-corrected chi connectivity index (χ1v) is 6.77. The zero-order chi connectivity index (χ0) is 11.0. The second-order valence-electron chi connectivity index (χ2n) is 5.43. The maximum Gasteiger partial charge on any atom is 0.189 e. The topological polar surface area (TPSA) is 41.8 Å². The van der Waals surface area contributed by atoms with Crippen molar-refractivity contribution in [3.63, 3.8) is 0 Å². The Balaban J connectivity index is 0.00000108. The summed E-state index contributed by atoms with van der Waals surface area (Å²) < 4.78 is 5.97. The minimum Gasteiger partial charge on any atom is -0.475 e. The van der Waals surface area contributed by atoms with Crippen molar-refractivity contribution >= 4 is 5.90 Å². The van der Waals surface area contributed by atoms with E-state index in [1.807, 2.05) is 0 Å². The Labute approximate surface area is 116 Å². The van der Waals surface area contributed by atoms with E-state index in [0.29, 0.717) is 12.1 Å². The fourth-order valence-electron chi connectivity index (χ4n) is 3.29. The van der Waals surface area contributed by atoms with E-state index in [2.05, 4.69) is 0 Å². The fraction of sp³-hybridized carbons (Fsp3) is 0.923. The van der Waals surface area contributed by atoms with Gasteiger partial charge >= 0.3 is 0 Å². The molecule has 92 valence electrons. The summed E-state index contributed by atoms with van der Waals surface area (Å²) in [6, 6.07) is 0.401. The molecule has 0 amide bonds. The smallest absolute Gasteiger partial charge is 0.189 e. The van der Waals surface area contributed by atoms with E-state index in [9.17, 15) is 5.11 Å². The van der Waals surface area contributed by atoms with E-state index in [1.54, 1.807) is 0 Å². The van der Waals surface area contributed by atoms with Crippen LogP contribution in [0, 0.1) is 5.92 Å². The predicted molar refractivity (Wildman–Crippen MR) is 62.5 cm³/mol. The molecule has 0 spiro atoms. The number of aliphatic hydroxyl groups is 1. The normalized spacial score (nSPS) is 40.9. The van der Waals surface area contributed by atoms with Gasteiger partial charge in [-0.3, -0.25) is 0 Å². The van der Waals surface area contributed by atoms with Crippen molar-refractivity contribution in [3.05, 3.63) is 0 Å². The monoisotopic (exact) mass is 287 g/mol. The number of nitrogens with zero attached hydrogens (tertiary/aromatic N) is 1. The first-order valence-electron chi connectivity index (χ1n) is 6.77. The SMILES string of the molecule is OC1CCCCC1C1=NC2CCCCC2O1.[Zn]. The van der Waals surface area contributed by atoms with Gasteiger partial charge in [-0.15, -0.1) is 0 Å². The maximum atomic E-state index is 10.0. The number of ether oxygens (including phenoxy) is 1. The molecule has 0 saturated heterocycles. The van der Waals surface area contributed by atoms with Crippen LogP contribution in [0.2, 0.25) is 0 Å². The molecule has 2 aliphatic carbocycles. The maximum absolute atomic E-state index is 10.0. The summed E-state index contributed by atoms with van der Waals surface area (Å²) in [6.45, 7) is 0. The largest absolute Gasteiger partial charge is 0.475 e. The van der Waals surface area contributed by atoms with Gasteiger partial charge in [-0.2, -0.15) is 0 Å². The summed E-state index contributed by atoms with van der Waals surface area (Å²) in [5.74, 6) is 1.07. The summed E-state index contributed by atoms with van der Waals surface area (Å²) in [6.07, 6.45) is 9.34. The van der Waals surface area contributed by atoms with Crippen molar-refractivity contribution in [1.82, 2.24) is 0 Å². The minimum atomic E-state index is -0.215. The van der Waals surface area contributed by atoms with Gasteiger partial charge in [-0.05, 0) is 32.1 Å². The Kier molecular flexibility index (Phi) is 4.60. The molecular formula is C13H21NO2Zn. The quantitative estimate of drug-likeness (QED) is 0.752. The van der Waals surface area contributed by atoms with Gasteiger partial charge in [0, 0.05) is 19.5 Å². The molecule has 1 heterocycles. The molecule has 3 rings (SSSR count). The number of aliphatic hydroxyl groups excluding tert-OH is 1. The third-order valence-corrected chi connectivity index (χ3v) is 4.28. The van der Waals surface area contributed by atoms with Crippen molar-refractivity contribution in [2.75, 3.05) is 0 Å². The van der Waals surface area contributed by atoms with E-state index in [1.165, 1.54) is 25.7 Å². The van der Waals surface area contributed by atoms with Crippen LogP contribution in [0.25, 0.3) is 0 Å². The molecule has 3 aliphatic rings. The van der Waals surface area contributed by atoms with Crippen LogP contribution in [0.5, 0.6) is 0 Å². The average molecular weight is 289 g/mol. The van der Waals surface area contributed by atoms with Gasteiger partial charge < -0.3 is 9.84 Å². The molecule has 17 heavy (non-hydrogen) atoms. The molecule has 4 atom stereocenters. The number of hydrogen-bond acceptors (Lipinski definition) is 3. The third kappa shape index (κ3) is 2.73. The van der Waals surface area contributed by atoms with E-state index in [0.717, 1.165) is 31.6 Å². The second-order valence-corrected chi connectivity index (χ2v) is 5.43. The van der Waals surface area contributed by atoms with Crippen molar-refractivity contribution < 1.29 is 29.3 Å². The first-order chi connectivity index (χ1) is 7.84. The molecule has 1 aliphatic heterocycles. The van der Waals surface area contributed by atoms with Crippen LogP contribution >= 0.6 is 0 Å². The summed E-state index contributed by atoms with van der Waals surface area (Å²) in [5, 5.41) is 10.0. The zero-order valence-electron chi connectivity index (χ0n) is 10.5. The number of fused-ring (bicyclic) bond motifs is 1. The van der Waals surface area contributed by atoms with Crippen molar-refractivity contribution in [1.29, 1.82) is 0 Å². The van der Waals surface area contributed by atoms with Gasteiger partial charge in [-0.1, -0.05) is 19.3 Å². The number of rotatable bonds is 1. The molecule has 0 bridgehead atoms. The van der Waals surface area contributed by atoms with Gasteiger partial charge in [0.15, 0.2) is 5.90 Å². The fourth-order valence-corrected chi connectivity index (χ4v) is 3.29. The van der Waals surface area contributed by atoms with Gasteiger partial charge in [0.25, 0.3) is 0 Å². The Bertz CT molecular complexity index is 295. The molecule has 1 N–H and O–H groups in total. The van der Waals surface area contributed by atoms with Crippen LogP contribution in [0.3, 0.4) is 0 Å². The van der Waals surface area contributed by atoms with Gasteiger partial charge in [0.2, 0.25) is 0 Å². The molecular weight excluding hydrogens is 268 g/mol. The van der Waals surface area contributed by atoms with Crippen LogP contribution < -0.4 is 0 Å².